The molecule has 0 saturated carbocycles. The van der Waals surface area contributed by atoms with Crippen LogP contribution in [0.4, 0.5) is 18.0 Å². The van der Waals surface area contributed by atoms with Crippen molar-refractivity contribution in [3.05, 3.63) is 35.9 Å². The number of nitrogens with zero attached hydrogens (tertiary/aromatic N) is 2. The fourth-order valence-electron chi connectivity index (χ4n) is 3.08. The van der Waals surface area contributed by atoms with E-state index in [0.29, 0.717) is 31.9 Å². The quantitative estimate of drug-likeness (QED) is 0.840. The van der Waals surface area contributed by atoms with Crippen molar-refractivity contribution in [2.75, 3.05) is 32.8 Å². The average molecular weight is 344 g/mol. The van der Waals surface area contributed by atoms with Gasteiger partial charge >= 0.3 is 12.3 Å². The van der Waals surface area contributed by atoms with Gasteiger partial charge in [-0.2, -0.15) is 13.2 Å². The number of hydrogen-bond donors (Lipinski definition) is 0. The maximum Gasteiger partial charge on any atom is 0.412 e. The molecule has 1 aromatic carbocycles. The van der Waals surface area contributed by atoms with Crippen LogP contribution in [0.5, 0.6) is 0 Å². The number of cyclic esters (lactones) is 1. The molecule has 2 unspecified atom stereocenters. The predicted octanol–water partition coefficient (Wildman–Crippen LogP) is 2.27. The lowest BCUT2D eigenvalue weighted by Crippen LogP contribution is -2.51. The van der Waals surface area contributed by atoms with Gasteiger partial charge in [-0.05, 0) is 5.56 Å². The van der Waals surface area contributed by atoms with Gasteiger partial charge in [-0.15, -0.1) is 0 Å². The summed E-state index contributed by atoms with van der Waals surface area (Å²) in [5.74, 6) is 0. The molecule has 0 radical (unpaired) electrons. The van der Waals surface area contributed by atoms with E-state index in [9.17, 15) is 18.0 Å². The Morgan fingerprint density at radius 3 is 2.42 bits per heavy atom. The Balaban J connectivity index is 1.76. The summed E-state index contributed by atoms with van der Waals surface area (Å²) in [5, 5.41) is 0. The van der Waals surface area contributed by atoms with Crippen LogP contribution in [0.15, 0.2) is 30.3 Å². The maximum atomic E-state index is 13.6. The minimum Gasteiger partial charge on any atom is -0.442 e. The lowest BCUT2D eigenvalue weighted by atomic mass is 10.1. The van der Waals surface area contributed by atoms with Gasteiger partial charge in [0.1, 0.15) is 6.10 Å². The van der Waals surface area contributed by atoms with Crippen LogP contribution < -0.4 is 0 Å². The molecule has 2 atom stereocenters. The number of rotatable bonds is 4. The van der Waals surface area contributed by atoms with Crippen LogP contribution in [0.3, 0.4) is 0 Å². The zero-order valence-electron chi connectivity index (χ0n) is 13.0. The van der Waals surface area contributed by atoms with Crippen molar-refractivity contribution in [3.8, 4) is 0 Å². The van der Waals surface area contributed by atoms with Crippen LogP contribution >= 0.6 is 0 Å². The van der Waals surface area contributed by atoms with Crippen LogP contribution in [-0.4, -0.2) is 67.1 Å². The molecule has 2 fully saturated rings. The fraction of sp³-hybridized carbons (Fsp3) is 0.562. The summed E-state index contributed by atoms with van der Waals surface area (Å²) in [4.78, 5) is 14.7. The first-order chi connectivity index (χ1) is 11.4. The standard InChI is InChI=1S/C16H19F3N2O3/c17-16(18,19)14-13(11-20-6-8-23-9-7-20)24-15(22)21(14)10-12-4-2-1-3-5-12/h1-5,13-14H,6-11H2. The summed E-state index contributed by atoms with van der Waals surface area (Å²) in [6, 6.07) is 6.67. The molecular weight excluding hydrogens is 325 g/mol. The van der Waals surface area contributed by atoms with Gasteiger partial charge in [0.2, 0.25) is 0 Å². The molecule has 2 saturated heterocycles. The Hall–Kier alpha value is -1.80. The third-order valence-electron chi connectivity index (χ3n) is 4.25. The van der Waals surface area contributed by atoms with Crippen molar-refractivity contribution in [3.63, 3.8) is 0 Å². The van der Waals surface area contributed by atoms with Crippen molar-refractivity contribution in [2.45, 2.75) is 24.9 Å². The Labute approximate surface area is 137 Å². The van der Waals surface area contributed by atoms with Gasteiger partial charge in [-0.3, -0.25) is 9.80 Å². The molecule has 24 heavy (non-hydrogen) atoms. The zero-order valence-corrected chi connectivity index (χ0v) is 13.0. The molecule has 0 spiro atoms. The number of hydrogen-bond acceptors (Lipinski definition) is 4. The highest BCUT2D eigenvalue weighted by Gasteiger charge is 2.56. The third-order valence-corrected chi connectivity index (χ3v) is 4.25. The van der Waals surface area contributed by atoms with E-state index in [0.717, 1.165) is 4.90 Å². The number of alkyl halides is 3. The summed E-state index contributed by atoms with van der Waals surface area (Å²) in [6.07, 6.45) is -6.68. The second kappa shape index (κ2) is 6.98. The second-order valence-corrected chi connectivity index (χ2v) is 5.94. The third kappa shape index (κ3) is 3.81. The molecule has 2 aliphatic rings. The van der Waals surface area contributed by atoms with Gasteiger partial charge in [0.15, 0.2) is 6.04 Å². The molecule has 0 aromatic heterocycles. The van der Waals surface area contributed by atoms with Gasteiger partial charge in [0, 0.05) is 26.2 Å². The number of halogens is 3. The molecule has 5 nitrogen and oxygen atoms in total. The second-order valence-electron chi connectivity index (χ2n) is 5.94. The molecule has 132 valence electrons. The largest absolute Gasteiger partial charge is 0.442 e. The summed E-state index contributed by atoms with van der Waals surface area (Å²) < 4.78 is 51.0. The Kier molecular flexibility index (Phi) is 4.96. The van der Waals surface area contributed by atoms with Crippen molar-refractivity contribution >= 4 is 6.09 Å². The summed E-state index contributed by atoms with van der Waals surface area (Å²) in [7, 11) is 0. The number of carbonyl (C=O) groups is 1. The van der Waals surface area contributed by atoms with Crippen LogP contribution in [0.25, 0.3) is 0 Å². The number of amides is 1. The highest BCUT2D eigenvalue weighted by Crippen LogP contribution is 2.35. The first-order valence-corrected chi connectivity index (χ1v) is 7.83. The Bertz CT molecular complexity index is 561. The van der Waals surface area contributed by atoms with E-state index in [1.807, 2.05) is 4.90 Å². The van der Waals surface area contributed by atoms with E-state index in [-0.39, 0.29) is 13.1 Å². The first-order valence-electron chi connectivity index (χ1n) is 7.83. The molecule has 1 amide bonds. The SMILES string of the molecule is O=C1OC(CN2CCOCC2)C(C(F)(F)F)N1Cc1ccccc1. The number of ether oxygens (including phenoxy) is 2. The number of carbonyl (C=O) groups excluding carboxylic acids is 1. The molecule has 0 bridgehead atoms. The number of morpholine rings is 1. The van der Waals surface area contributed by atoms with E-state index in [1.165, 1.54) is 0 Å². The molecule has 2 heterocycles. The first kappa shape index (κ1) is 17.0. The van der Waals surface area contributed by atoms with Crippen LogP contribution in [-0.2, 0) is 16.0 Å². The summed E-state index contributed by atoms with van der Waals surface area (Å²) in [5.41, 5.74) is 0.635. The lowest BCUT2D eigenvalue weighted by Gasteiger charge is -2.31. The normalized spacial score (nSPS) is 25.8. The zero-order chi connectivity index (χ0) is 17.2. The Morgan fingerprint density at radius 1 is 1.12 bits per heavy atom. The minimum atomic E-state index is -4.54. The molecular formula is C16H19F3N2O3. The minimum absolute atomic E-state index is 0.0601. The average Bonchev–Trinajstić information content (AvgIpc) is 2.85. The van der Waals surface area contributed by atoms with Crippen LogP contribution in [0.2, 0.25) is 0 Å². The highest BCUT2D eigenvalue weighted by molar-refractivity contribution is 5.71. The van der Waals surface area contributed by atoms with Gasteiger partial charge in [-0.1, -0.05) is 30.3 Å². The van der Waals surface area contributed by atoms with E-state index < -0.39 is 24.4 Å². The lowest BCUT2D eigenvalue weighted by molar-refractivity contribution is -0.184. The summed E-state index contributed by atoms with van der Waals surface area (Å²) >= 11 is 0. The van der Waals surface area contributed by atoms with Crippen molar-refractivity contribution in [2.24, 2.45) is 0 Å². The van der Waals surface area contributed by atoms with E-state index in [1.54, 1.807) is 30.3 Å². The predicted molar refractivity (Wildman–Crippen MR) is 79.4 cm³/mol. The van der Waals surface area contributed by atoms with Crippen molar-refractivity contribution < 1.29 is 27.4 Å². The molecule has 0 aliphatic carbocycles. The van der Waals surface area contributed by atoms with Gasteiger partial charge in [-0.25, -0.2) is 4.79 Å². The van der Waals surface area contributed by atoms with Gasteiger partial charge in [0.25, 0.3) is 0 Å². The van der Waals surface area contributed by atoms with E-state index in [2.05, 4.69) is 0 Å². The smallest absolute Gasteiger partial charge is 0.412 e. The van der Waals surface area contributed by atoms with Crippen molar-refractivity contribution in [1.82, 2.24) is 9.80 Å². The molecule has 3 rings (SSSR count). The molecule has 8 heteroatoms. The van der Waals surface area contributed by atoms with E-state index >= 15 is 0 Å². The topological polar surface area (TPSA) is 42.0 Å². The molecule has 2 aliphatic heterocycles. The maximum absolute atomic E-state index is 13.6. The molecule has 1 aromatic rings. The Morgan fingerprint density at radius 2 is 1.79 bits per heavy atom. The monoisotopic (exact) mass is 344 g/mol. The van der Waals surface area contributed by atoms with Crippen LogP contribution in [0, 0.1) is 0 Å². The number of benzene rings is 1. The molecule has 0 N–H and O–H groups in total. The van der Waals surface area contributed by atoms with Gasteiger partial charge < -0.3 is 9.47 Å². The fourth-order valence-corrected chi connectivity index (χ4v) is 3.08. The van der Waals surface area contributed by atoms with Crippen molar-refractivity contribution in [1.29, 1.82) is 0 Å². The summed E-state index contributed by atoms with van der Waals surface area (Å²) in [6.45, 7) is 1.97. The van der Waals surface area contributed by atoms with E-state index in [4.69, 9.17) is 9.47 Å². The van der Waals surface area contributed by atoms with Gasteiger partial charge in [0.05, 0.1) is 13.2 Å². The highest BCUT2D eigenvalue weighted by atomic mass is 19.4. The van der Waals surface area contributed by atoms with Crippen LogP contribution in [0.1, 0.15) is 5.56 Å².